The quantitative estimate of drug-likeness (QED) is 0.0213. The maximum absolute atomic E-state index is 14.3. The number of hydrogen-bond acceptors (Lipinski definition) is 13. The van der Waals surface area contributed by atoms with Crippen molar-refractivity contribution in [1.29, 1.82) is 0 Å². The number of nitrogens with one attached hydrogen (secondary N) is 7. The van der Waals surface area contributed by atoms with E-state index >= 15 is 0 Å². The van der Waals surface area contributed by atoms with Gasteiger partial charge < -0.3 is 71.6 Å². The molecular weight excluding hydrogens is 907 g/mol. The van der Waals surface area contributed by atoms with Crippen LogP contribution in [0.15, 0.2) is 34.3 Å². The molecule has 0 radical (unpaired) electrons. The van der Waals surface area contributed by atoms with E-state index in [2.05, 4.69) is 47.2 Å². The summed E-state index contributed by atoms with van der Waals surface area (Å²) in [5.41, 5.74) is 34.8. The largest absolute Gasteiger partial charge is 0.370 e. The van der Waals surface area contributed by atoms with Gasteiger partial charge in [0, 0.05) is 37.6 Å². The highest BCUT2D eigenvalue weighted by atomic mass is 33.1. The van der Waals surface area contributed by atoms with Crippen molar-refractivity contribution in [2.45, 2.75) is 126 Å². The molecule has 25 heteroatoms. The van der Waals surface area contributed by atoms with Crippen molar-refractivity contribution in [3.05, 3.63) is 35.4 Å². The van der Waals surface area contributed by atoms with E-state index in [1.807, 2.05) is 24.3 Å². The van der Waals surface area contributed by atoms with Crippen molar-refractivity contribution in [2.24, 2.45) is 50.3 Å². The monoisotopic (exact) mass is 973 g/mol. The zero-order valence-electron chi connectivity index (χ0n) is 37.6. The first-order chi connectivity index (χ1) is 32.0. The van der Waals surface area contributed by atoms with E-state index in [4.69, 9.17) is 34.4 Å². The number of aliphatic imine (C=N–C) groups is 2. The van der Waals surface area contributed by atoms with Crippen LogP contribution in [0.3, 0.4) is 0 Å². The molecule has 0 unspecified atom stereocenters. The number of nitrogens with two attached hydrogens (primary N) is 6. The zero-order valence-corrected chi connectivity index (χ0v) is 39.2. The lowest BCUT2D eigenvalue weighted by atomic mass is 9.84. The molecule has 1 aromatic rings. The van der Waals surface area contributed by atoms with E-state index in [-0.39, 0.29) is 87.4 Å². The Bertz CT molecular complexity index is 1960. The van der Waals surface area contributed by atoms with E-state index < -0.39 is 89.6 Å². The van der Waals surface area contributed by atoms with Crippen LogP contribution >= 0.6 is 21.6 Å². The van der Waals surface area contributed by atoms with E-state index in [0.717, 1.165) is 43.2 Å². The molecule has 1 saturated carbocycles. The van der Waals surface area contributed by atoms with Crippen LogP contribution in [0.1, 0.15) is 94.2 Å². The lowest BCUT2D eigenvalue weighted by molar-refractivity contribution is -0.136. The minimum Gasteiger partial charge on any atom is -0.370 e. The van der Waals surface area contributed by atoms with Crippen LogP contribution in [-0.4, -0.2) is 127 Å². The lowest BCUT2D eigenvalue weighted by Gasteiger charge is -2.30. The van der Waals surface area contributed by atoms with E-state index in [9.17, 15) is 38.4 Å². The van der Waals surface area contributed by atoms with Gasteiger partial charge in [0.2, 0.25) is 47.3 Å². The molecule has 19 N–H and O–H groups in total. The summed E-state index contributed by atoms with van der Waals surface area (Å²) in [4.78, 5) is 116. The first-order valence-electron chi connectivity index (χ1n) is 22.6. The summed E-state index contributed by atoms with van der Waals surface area (Å²) in [6.45, 7) is 0.753. The molecule has 1 aliphatic carbocycles. The van der Waals surface area contributed by atoms with Gasteiger partial charge in [0.05, 0.1) is 0 Å². The number of carbonyl (C=O) groups excluding carboxylic acids is 8. The van der Waals surface area contributed by atoms with Crippen LogP contribution in [0, 0.1) is 5.92 Å². The zero-order chi connectivity index (χ0) is 48.9. The van der Waals surface area contributed by atoms with Gasteiger partial charge in [-0.1, -0.05) is 78.0 Å². The second-order valence-electron chi connectivity index (χ2n) is 16.8. The molecule has 0 spiro atoms. The average molecular weight is 974 g/mol. The number of nitrogens with zero attached hydrogens (tertiary/aromatic N) is 2. The van der Waals surface area contributed by atoms with Gasteiger partial charge in [-0.25, -0.2) is 0 Å². The van der Waals surface area contributed by atoms with Crippen molar-refractivity contribution in [3.8, 4) is 0 Å². The van der Waals surface area contributed by atoms with Crippen LogP contribution < -0.4 is 71.6 Å². The molecule has 3 aliphatic rings. The number of carbonyl (C=O) groups is 8. The molecule has 4 rings (SSSR count). The minimum atomic E-state index is -1.43. The Morgan fingerprint density at radius 3 is 1.87 bits per heavy atom. The normalized spacial score (nSPS) is 20.2. The van der Waals surface area contributed by atoms with Gasteiger partial charge in [-0.2, -0.15) is 0 Å². The van der Waals surface area contributed by atoms with Gasteiger partial charge in [0.1, 0.15) is 42.3 Å². The molecule has 370 valence electrons. The highest BCUT2D eigenvalue weighted by Gasteiger charge is 2.36. The van der Waals surface area contributed by atoms with Crippen molar-refractivity contribution in [3.63, 3.8) is 0 Å². The van der Waals surface area contributed by atoms with Crippen molar-refractivity contribution in [1.82, 2.24) is 37.2 Å². The molecular formula is C42H67N15O8S2. The molecule has 1 saturated heterocycles. The summed E-state index contributed by atoms with van der Waals surface area (Å²) >= 11 is 0. The topological polar surface area (TPSA) is 402 Å². The molecule has 0 bridgehead atoms. The number of primary amides is 2. The molecule has 0 aromatic heterocycles. The summed E-state index contributed by atoms with van der Waals surface area (Å²) in [5, 5.41) is 19.5. The van der Waals surface area contributed by atoms with Crippen molar-refractivity contribution in [2.75, 3.05) is 31.1 Å². The van der Waals surface area contributed by atoms with Gasteiger partial charge in [-0.3, -0.25) is 48.3 Å². The summed E-state index contributed by atoms with van der Waals surface area (Å²) in [6, 6.07) is -0.395. The Morgan fingerprint density at radius 1 is 0.701 bits per heavy atom. The van der Waals surface area contributed by atoms with E-state index in [1.54, 1.807) is 0 Å². The lowest BCUT2D eigenvalue weighted by Crippen LogP contribution is -2.60. The van der Waals surface area contributed by atoms with Crippen LogP contribution in [0.4, 0.5) is 0 Å². The van der Waals surface area contributed by atoms with Gasteiger partial charge in [-0.05, 0) is 62.0 Å². The third-order valence-electron chi connectivity index (χ3n) is 11.6. The Hall–Kier alpha value is -5.82. The smallest absolute Gasteiger partial charge is 0.244 e. The highest BCUT2D eigenvalue weighted by molar-refractivity contribution is 8.76. The summed E-state index contributed by atoms with van der Waals surface area (Å²) in [7, 11) is 2.60. The number of guanidine groups is 2. The molecule has 7 atom stereocenters. The molecule has 23 nitrogen and oxygen atoms in total. The molecule has 2 heterocycles. The van der Waals surface area contributed by atoms with Crippen LogP contribution in [0.5, 0.6) is 0 Å². The number of hydrogen-bond donors (Lipinski definition) is 13. The van der Waals surface area contributed by atoms with Gasteiger partial charge >= 0.3 is 0 Å². The summed E-state index contributed by atoms with van der Waals surface area (Å²) < 4.78 is 0. The van der Waals surface area contributed by atoms with Gasteiger partial charge in [0.25, 0.3) is 0 Å². The predicted octanol–water partition coefficient (Wildman–Crippen LogP) is -2.99. The maximum Gasteiger partial charge on any atom is 0.244 e. The predicted molar refractivity (Wildman–Crippen MR) is 256 cm³/mol. The fourth-order valence-electron chi connectivity index (χ4n) is 8.05. The van der Waals surface area contributed by atoms with Gasteiger partial charge in [-0.15, -0.1) is 0 Å². The average Bonchev–Trinajstić information content (AvgIpc) is 3.28. The van der Waals surface area contributed by atoms with Crippen molar-refractivity contribution >= 4 is 80.8 Å². The molecule has 67 heavy (non-hydrogen) atoms. The summed E-state index contributed by atoms with van der Waals surface area (Å²) in [5.74, 6) is -5.47. The molecule has 2 aliphatic heterocycles. The number of benzene rings is 1. The Labute approximate surface area is 397 Å². The van der Waals surface area contributed by atoms with E-state index in [1.165, 1.54) is 21.6 Å². The van der Waals surface area contributed by atoms with Crippen LogP contribution in [0.2, 0.25) is 0 Å². The van der Waals surface area contributed by atoms with Crippen molar-refractivity contribution < 1.29 is 38.4 Å². The Kier molecular flexibility index (Phi) is 22.3. The highest BCUT2D eigenvalue weighted by Crippen LogP contribution is 2.29. The Balaban J connectivity index is 1.57. The maximum atomic E-state index is 14.3. The third-order valence-corrected chi connectivity index (χ3v) is 14.0. The first-order valence-corrected chi connectivity index (χ1v) is 25.1. The molecule has 2 fully saturated rings. The fourth-order valence-corrected chi connectivity index (χ4v) is 10.4. The Morgan fingerprint density at radius 2 is 1.27 bits per heavy atom. The van der Waals surface area contributed by atoms with Gasteiger partial charge in [0.15, 0.2) is 11.9 Å². The first kappa shape index (κ1) is 53.8. The summed E-state index contributed by atoms with van der Waals surface area (Å²) in [6.07, 6.45) is 5.33. The number of rotatable bonds is 24. The van der Waals surface area contributed by atoms with E-state index in [0.29, 0.717) is 13.0 Å². The number of fused-ring (bicyclic) bond motifs is 1. The van der Waals surface area contributed by atoms with Crippen LogP contribution in [0.25, 0.3) is 0 Å². The van der Waals surface area contributed by atoms with Crippen LogP contribution in [-0.2, 0) is 44.8 Å². The SMILES string of the molecule is NC(=O)CC[C@H](NC(=O)[C@@H](CCCN=C(N)N)NC(=O)[C@@H](CCCN=C(N)N)NC(=O)[C@H]1NCCc2ccccc21)C(=O)N[C@@H](CC1CCCCC1)C(=O)N[C@H]1CSSC[C@@H](C(N)=O)NC1=O. The number of amides is 8. The fraction of sp³-hybridized carbons (Fsp3) is 0.619. The standard InChI is InChI=1S/C42H67N15O8S2/c43-32(58)15-14-28(37(62)55-29(20-23-8-2-1-3-9-23)38(63)57-31-22-67-66-21-30(34(44)59)56-39(31)64)53-35(60)26(12-6-17-50-41(45)46)52-36(61)27(13-7-18-51-42(47)48)54-40(65)33-25-11-5-4-10-24(25)16-19-49-33/h4-5,10-11,23,26-31,33,49H,1-3,6-9,12-22H2,(H2,43,58)(H2,44,59)(H,52,61)(H,53,60)(H,54,65)(H,55,62)(H,56,64)(H,57,63)(H4,45,46,50)(H4,47,48,51)/t26-,27-,28+,29+,30+,31+,33+/m1/s1. The second kappa shape index (κ2) is 27.7. The third kappa shape index (κ3) is 18.4. The minimum absolute atomic E-state index is 0.0339. The second-order valence-corrected chi connectivity index (χ2v) is 19.4. The molecule has 8 amide bonds. The molecule has 1 aromatic carbocycles.